The zero-order valence-corrected chi connectivity index (χ0v) is 20.8. The van der Waals surface area contributed by atoms with E-state index in [1.165, 1.54) is 41.7 Å². The number of imidazole rings is 1. The fourth-order valence-corrected chi connectivity index (χ4v) is 5.58. The summed E-state index contributed by atoms with van der Waals surface area (Å²) in [4.78, 5) is 7.28. The minimum Gasteiger partial charge on any atom is -0.331 e. The third-order valence-electron chi connectivity index (χ3n) is 7.40. The Morgan fingerprint density at radius 3 is 2.64 bits per heavy atom. The van der Waals surface area contributed by atoms with Gasteiger partial charge in [-0.25, -0.2) is 9.37 Å². The number of rotatable bonds is 10. The number of para-hydroxylation sites is 2. The summed E-state index contributed by atoms with van der Waals surface area (Å²) in [7, 11) is 4.38. The molecule has 3 aromatic rings. The van der Waals surface area contributed by atoms with Gasteiger partial charge in [0.2, 0.25) is 0 Å². The van der Waals surface area contributed by atoms with Crippen LogP contribution in [0.15, 0.2) is 42.5 Å². The molecular formula is C29H39FN3. The van der Waals surface area contributed by atoms with Crippen LogP contribution in [0, 0.1) is 17.7 Å². The first-order valence-electron chi connectivity index (χ1n) is 12.7. The van der Waals surface area contributed by atoms with Gasteiger partial charge in [-0.15, -0.1) is 0 Å². The van der Waals surface area contributed by atoms with Crippen LogP contribution in [0.2, 0.25) is 0 Å². The minimum absolute atomic E-state index is 0.101. The van der Waals surface area contributed by atoms with Crippen LogP contribution in [0.4, 0.5) is 4.39 Å². The molecule has 0 N–H and O–H groups in total. The Hall–Kier alpha value is -2.20. The van der Waals surface area contributed by atoms with Crippen molar-refractivity contribution in [2.45, 2.75) is 64.7 Å². The number of fused-ring (bicyclic) bond motifs is 2. The van der Waals surface area contributed by atoms with Gasteiger partial charge in [0.25, 0.3) is 0 Å². The van der Waals surface area contributed by atoms with Gasteiger partial charge in [0.05, 0.1) is 11.0 Å². The first-order chi connectivity index (χ1) is 15.9. The van der Waals surface area contributed by atoms with Gasteiger partial charge < -0.3 is 9.47 Å². The van der Waals surface area contributed by atoms with E-state index >= 15 is 0 Å². The maximum Gasteiger partial charge on any atom is 0.123 e. The minimum atomic E-state index is -0.101. The Kier molecular flexibility index (Phi) is 7.85. The van der Waals surface area contributed by atoms with E-state index in [1.807, 2.05) is 6.07 Å². The van der Waals surface area contributed by atoms with Crippen LogP contribution in [0.25, 0.3) is 11.0 Å². The predicted molar refractivity (Wildman–Crippen MR) is 136 cm³/mol. The van der Waals surface area contributed by atoms with E-state index in [-0.39, 0.29) is 5.82 Å². The smallest absolute Gasteiger partial charge is 0.123 e. The normalized spacial score (nSPS) is 16.8. The molecule has 0 fully saturated rings. The molecule has 1 radical (unpaired) electrons. The van der Waals surface area contributed by atoms with Crippen molar-refractivity contribution in [1.29, 1.82) is 0 Å². The van der Waals surface area contributed by atoms with E-state index in [9.17, 15) is 4.39 Å². The molecule has 0 aliphatic heterocycles. The number of aryl methyl sites for hydroxylation is 3. The Morgan fingerprint density at radius 2 is 1.85 bits per heavy atom. The lowest BCUT2D eigenvalue weighted by Gasteiger charge is -2.37. The molecule has 0 spiro atoms. The van der Waals surface area contributed by atoms with E-state index in [1.54, 1.807) is 18.1 Å². The number of halogens is 1. The molecule has 0 saturated carbocycles. The summed E-state index contributed by atoms with van der Waals surface area (Å²) in [6, 6.07) is 13.8. The first kappa shape index (κ1) is 23.9. The van der Waals surface area contributed by atoms with E-state index in [4.69, 9.17) is 4.98 Å². The van der Waals surface area contributed by atoms with Gasteiger partial charge in [-0.2, -0.15) is 0 Å². The third kappa shape index (κ3) is 5.66. The third-order valence-corrected chi connectivity index (χ3v) is 7.40. The van der Waals surface area contributed by atoms with Crippen molar-refractivity contribution >= 4 is 11.0 Å². The molecule has 1 aliphatic rings. The van der Waals surface area contributed by atoms with Crippen molar-refractivity contribution in [3.63, 3.8) is 0 Å². The van der Waals surface area contributed by atoms with Gasteiger partial charge in [-0.1, -0.05) is 38.5 Å². The summed E-state index contributed by atoms with van der Waals surface area (Å²) in [5, 5.41) is 0. The lowest BCUT2D eigenvalue weighted by molar-refractivity contribution is 0.308. The second-order valence-electron chi connectivity index (χ2n) is 10.2. The fraction of sp³-hybridized carbons (Fsp3) is 0.517. The summed E-state index contributed by atoms with van der Waals surface area (Å²) in [6.07, 6.45) is 7.93. The Labute approximate surface area is 199 Å². The molecular weight excluding hydrogens is 409 g/mol. The van der Waals surface area contributed by atoms with Crippen LogP contribution in [0.5, 0.6) is 0 Å². The zero-order valence-electron chi connectivity index (χ0n) is 20.8. The molecule has 4 rings (SSSR count). The van der Waals surface area contributed by atoms with E-state index in [2.05, 4.69) is 61.7 Å². The van der Waals surface area contributed by atoms with Crippen LogP contribution >= 0.6 is 0 Å². The molecule has 1 aromatic heterocycles. The SMILES string of the molecule is CC(C)[C@H]1[C](CCN(C)CCCCCc2nc3ccccc3n2C)CCc2cc(F)ccc21. The molecule has 0 bridgehead atoms. The number of nitrogens with zero attached hydrogens (tertiary/aromatic N) is 3. The number of hydrogen-bond donors (Lipinski definition) is 0. The van der Waals surface area contributed by atoms with Crippen molar-refractivity contribution in [2.75, 3.05) is 20.1 Å². The second-order valence-corrected chi connectivity index (χ2v) is 10.2. The highest BCUT2D eigenvalue weighted by Gasteiger charge is 2.32. The molecule has 0 amide bonds. The molecule has 2 aromatic carbocycles. The lowest BCUT2D eigenvalue weighted by Crippen LogP contribution is -2.28. The van der Waals surface area contributed by atoms with Crippen molar-refractivity contribution in [1.82, 2.24) is 14.5 Å². The molecule has 1 heterocycles. The molecule has 3 nitrogen and oxygen atoms in total. The second kappa shape index (κ2) is 10.8. The average molecular weight is 449 g/mol. The van der Waals surface area contributed by atoms with E-state index in [0.717, 1.165) is 44.3 Å². The van der Waals surface area contributed by atoms with Gasteiger partial charge in [0.1, 0.15) is 11.6 Å². The molecule has 0 saturated heterocycles. The van der Waals surface area contributed by atoms with Crippen molar-refractivity contribution in [2.24, 2.45) is 13.0 Å². The zero-order chi connectivity index (χ0) is 23.4. The van der Waals surface area contributed by atoms with Crippen LogP contribution in [-0.4, -0.2) is 34.6 Å². The lowest BCUT2D eigenvalue weighted by atomic mass is 9.69. The van der Waals surface area contributed by atoms with Crippen LogP contribution in [0.3, 0.4) is 0 Å². The van der Waals surface area contributed by atoms with Gasteiger partial charge in [-0.05, 0) is 105 Å². The molecule has 33 heavy (non-hydrogen) atoms. The van der Waals surface area contributed by atoms with Crippen LogP contribution in [0.1, 0.15) is 68.8 Å². The number of benzene rings is 2. The van der Waals surface area contributed by atoms with E-state index < -0.39 is 0 Å². The van der Waals surface area contributed by atoms with Crippen molar-refractivity contribution in [3.8, 4) is 0 Å². The van der Waals surface area contributed by atoms with E-state index in [0.29, 0.717) is 11.8 Å². The fourth-order valence-electron chi connectivity index (χ4n) is 5.58. The number of aromatic nitrogens is 2. The average Bonchev–Trinajstić information content (AvgIpc) is 3.12. The molecule has 4 heteroatoms. The summed E-state index contributed by atoms with van der Waals surface area (Å²) < 4.78 is 15.9. The van der Waals surface area contributed by atoms with Crippen LogP contribution in [-0.2, 0) is 19.9 Å². The highest BCUT2D eigenvalue weighted by molar-refractivity contribution is 5.75. The molecule has 1 atom stereocenters. The van der Waals surface area contributed by atoms with Crippen molar-refractivity contribution < 1.29 is 4.39 Å². The predicted octanol–water partition coefficient (Wildman–Crippen LogP) is 6.71. The van der Waals surface area contributed by atoms with Crippen LogP contribution < -0.4 is 0 Å². The largest absolute Gasteiger partial charge is 0.331 e. The Bertz CT molecular complexity index is 1050. The summed E-state index contributed by atoms with van der Waals surface area (Å²) >= 11 is 0. The summed E-state index contributed by atoms with van der Waals surface area (Å²) in [5.74, 6) is 3.76. The Morgan fingerprint density at radius 1 is 1.03 bits per heavy atom. The molecule has 0 unspecified atom stereocenters. The van der Waals surface area contributed by atoms with Gasteiger partial charge in [-0.3, -0.25) is 0 Å². The molecule has 177 valence electrons. The maximum absolute atomic E-state index is 13.7. The summed E-state index contributed by atoms with van der Waals surface area (Å²) in [6.45, 7) is 6.86. The van der Waals surface area contributed by atoms with Gasteiger partial charge in [0, 0.05) is 13.5 Å². The highest BCUT2D eigenvalue weighted by Crippen LogP contribution is 2.44. The highest BCUT2D eigenvalue weighted by atomic mass is 19.1. The summed E-state index contributed by atoms with van der Waals surface area (Å²) in [5.41, 5.74) is 4.89. The Balaban J connectivity index is 1.20. The quantitative estimate of drug-likeness (QED) is 0.322. The first-order valence-corrected chi connectivity index (χ1v) is 12.7. The maximum atomic E-state index is 13.7. The van der Waals surface area contributed by atoms with Gasteiger partial charge >= 0.3 is 0 Å². The number of hydrogen-bond acceptors (Lipinski definition) is 2. The van der Waals surface area contributed by atoms with Gasteiger partial charge in [0.15, 0.2) is 0 Å². The monoisotopic (exact) mass is 448 g/mol. The molecule has 1 aliphatic carbocycles. The topological polar surface area (TPSA) is 21.1 Å². The van der Waals surface area contributed by atoms with Crippen molar-refractivity contribution in [3.05, 3.63) is 71.2 Å². The standard InChI is InChI=1S/C29H39FN3/c1-21(2)29-22(13-14-23-20-24(30)15-16-25(23)29)17-19-32(3)18-9-5-6-12-28-31-26-10-7-8-11-27(26)33(28)4/h7-8,10-11,15-16,20-21,29H,5-6,9,12-14,17-19H2,1-4H3/t29-/m0/s1. The number of unbranched alkanes of at least 4 members (excludes halogenated alkanes) is 2.